The van der Waals surface area contributed by atoms with Gasteiger partial charge in [0, 0.05) is 5.41 Å². The van der Waals surface area contributed by atoms with Crippen LogP contribution < -0.4 is 0 Å². The third-order valence-corrected chi connectivity index (χ3v) is 19.3. The number of carbonyl (C=O) groups excluding carboxylic acids is 1. The normalized spacial score (nSPS) is 54.5. The van der Waals surface area contributed by atoms with E-state index in [0.29, 0.717) is 44.9 Å². The molecule has 25 atom stereocenters. The van der Waals surface area contributed by atoms with Crippen LogP contribution in [0.3, 0.4) is 0 Å². The average molecular weight is 973 g/mol. The van der Waals surface area contributed by atoms with Gasteiger partial charge in [0.25, 0.3) is 0 Å². The monoisotopic (exact) mass is 972 g/mol. The highest BCUT2D eigenvalue weighted by Crippen LogP contribution is 2.76. The molecule has 8 aliphatic rings. The van der Waals surface area contributed by atoms with E-state index < -0.39 is 151 Å². The summed E-state index contributed by atoms with van der Waals surface area (Å²) in [6.07, 6.45) is -20.6. The number of fused-ring (bicyclic) bond motifs is 7. The number of esters is 1. The molecule has 8 rings (SSSR count). The van der Waals surface area contributed by atoms with Gasteiger partial charge in [-0.3, -0.25) is 4.79 Å². The molecule has 68 heavy (non-hydrogen) atoms. The SMILES string of the molecule is C[C@@H]1O[C@@H](O[C@@H]2[C@@H](O)[C@H](O[C@@H]3[C@H](O)C[C@@]4(C)C(CC[C@]5(C)C4CC=C4[C@@H]6CC(C)(C)CC[C@]6(C(=O)O[C@@H]6O[C@H](CO)[C@@H](O)[C@H](O)[C@H]6O)CC[C@]45C)[C@]3(C)CO)O[C@H](C(=O)O)[C@H]2O)[C@H](O)[C@H](O)[C@H]1O. The third kappa shape index (κ3) is 7.94. The van der Waals surface area contributed by atoms with Crippen LogP contribution in [-0.2, 0) is 38.0 Å². The number of aliphatic hydroxyl groups is 11. The van der Waals surface area contributed by atoms with Crippen molar-refractivity contribution in [2.75, 3.05) is 13.2 Å². The maximum atomic E-state index is 14.7. The molecule has 3 saturated heterocycles. The Morgan fingerprint density at radius 2 is 1.32 bits per heavy atom. The Labute approximate surface area is 396 Å². The van der Waals surface area contributed by atoms with Crippen molar-refractivity contribution < 1.29 is 99.3 Å². The Bertz CT molecular complexity index is 1920. The zero-order valence-corrected chi connectivity index (χ0v) is 40.0. The van der Waals surface area contributed by atoms with Crippen LogP contribution in [0.5, 0.6) is 0 Å². The number of allylic oxidation sites excluding steroid dienone is 2. The number of aliphatic hydroxyl groups excluding tert-OH is 11. The molecular weight excluding hydrogens is 897 g/mol. The van der Waals surface area contributed by atoms with Gasteiger partial charge in [-0.05, 0) is 104 Å². The molecule has 12 N–H and O–H groups in total. The summed E-state index contributed by atoms with van der Waals surface area (Å²) in [5.41, 5.74) is -2.60. The first kappa shape index (κ1) is 52.4. The van der Waals surface area contributed by atoms with Gasteiger partial charge in [0.2, 0.25) is 6.29 Å². The molecule has 4 saturated carbocycles. The topological polar surface area (TPSA) is 332 Å². The van der Waals surface area contributed by atoms with Crippen LogP contribution >= 0.6 is 0 Å². The number of ether oxygens (including phenoxy) is 6. The van der Waals surface area contributed by atoms with E-state index >= 15 is 0 Å². The lowest BCUT2D eigenvalue weighted by Gasteiger charge is -2.72. The number of hydrogen-bond donors (Lipinski definition) is 12. The fourth-order valence-electron chi connectivity index (χ4n) is 15.1. The van der Waals surface area contributed by atoms with Crippen LogP contribution in [0.2, 0.25) is 0 Å². The maximum absolute atomic E-state index is 14.7. The Balaban J connectivity index is 1.06. The van der Waals surface area contributed by atoms with E-state index in [1.807, 2.05) is 0 Å². The average Bonchev–Trinajstić information content (AvgIpc) is 3.27. The van der Waals surface area contributed by atoms with Crippen molar-refractivity contribution in [3.05, 3.63) is 11.6 Å². The van der Waals surface area contributed by atoms with Crippen LogP contribution in [0.4, 0.5) is 0 Å². The summed E-state index contributed by atoms with van der Waals surface area (Å²) in [6, 6.07) is 0. The lowest BCUT2D eigenvalue weighted by Crippen LogP contribution is -2.70. The van der Waals surface area contributed by atoms with Crippen LogP contribution in [0.25, 0.3) is 0 Å². The fourth-order valence-corrected chi connectivity index (χ4v) is 15.1. The van der Waals surface area contributed by atoms with Gasteiger partial charge in [-0.25, -0.2) is 4.79 Å². The molecule has 0 radical (unpaired) electrons. The smallest absolute Gasteiger partial charge is 0.335 e. The number of carboxylic acid groups (broad SMARTS) is 1. The summed E-state index contributed by atoms with van der Waals surface area (Å²) in [5, 5.41) is 129. The van der Waals surface area contributed by atoms with Crippen molar-refractivity contribution >= 4 is 11.9 Å². The van der Waals surface area contributed by atoms with Crippen LogP contribution in [0.15, 0.2) is 11.6 Å². The second kappa shape index (κ2) is 18.2. The highest BCUT2D eigenvalue weighted by atomic mass is 16.7. The Hall–Kier alpha value is -1.96. The van der Waals surface area contributed by atoms with Gasteiger partial charge in [-0.1, -0.05) is 53.2 Å². The molecule has 3 heterocycles. The van der Waals surface area contributed by atoms with E-state index in [2.05, 4.69) is 40.7 Å². The second-order valence-corrected chi connectivity index (χ2v) is 23.5. The van der Waals surface area contributed by atoms with E-state index in [0.717, 1.165) is 12.0 Å². The van der Waals surface area contributed by atoms with Crippen molar-refractivity contribution in [3.8, 4) is 0 Å². The molecule has 0 spiro atoms. The highest BCUT2D eigenvalue weighted by molar-refractivity contribution is 5.79. The number of rotatable bonds is 9. The summed E-state index contributed by atoms with van der Waals surface area (Å²) in [5.74, 6) is -2.78. The zero-order chi connectivity index (χ0) is 50.0. The van der Waals surface area contributed by atoms with E-state index in [1.54, 1.807) is 6.92 Å². The van der Waals surface area contributed by atoms with Gasteiger partial charge in [-0.15, -0.1) is 0 Å². The summed E-state index contributed by atoms with van der Waals surface area (Å²) in [6.45, 7) is 13.1. The fraction of sp³-hybridized carbons (Fsp3) is 0.917. The standard InChI is InChI=1S/C48H76O20/c1-20-27(52)29(54)31(56)39(63-20)65-35-33(58)36(38(60)61)66-41(34(35)59)67-37-23(51)17-44(4)25(45(37,5)19-50)10-11-47(7)26(44)9-8-21-22-16-43(2,3)12-14-48(22,15-13-46(21,47)6)42(62)68-40-32(57)30(55)28(53)24(18-49)64-40/h8,20,22-37,39-41,49-59H,9-19H2,1-7H3,(H,60,61)/t20-,22-,23+,24+,25?,26?,27-,28+,29+,30-,31+,32+,33-,34+,35-,36-,37+,39-,40-,41-,44-,45-,46+,47+,48-/m0/s1. The minimum Gasteiger partial charge on any atom is -0.479 e. The molecule has 0 aromatic rings. The largest absolute Gasteiger partial charge is 0.479 e. The van der Waals surface area contributed by atoms with Gasteiger partial charge in [0.05, 0.1) is 36.9 Å². The summed E-state index contributed by atoms with van der Waals surface area (Å²) >= 11 is 0. The van der Waals surface area contributed by atoms with Gasteiger partial charge in [-0.2, -0.15) is 0 Å². The second-order valence-electron chi connectivity index (χ2n) is 23.5. The molecule has 20 nitrogen and oxygen atoms in total. The Morgan fingerprint density at radius 3 is 1.97 bits per heavy atom. The first-order valence-corrected chi connectivity index (χ1v) is 24.4. The molecule has 2 unspecified atom stereocenters. The van der Waals surface area contributed by atoms with Crippen molar-refractivity contribution in [2.24, 2.45) is 50.2 Å². The lowest BCUT2D eigenvalue weighted by atomic mass is 9.33. The Kier molecular flexibility index (Phi) is 14.0. The molecular formula is C48H76O20. The minimum atomic E-state index is -2.03. The van der Waals surface area contributed by atoms with E-state index in [1.165, 1.54) is 6.92 Å². The number of aliphatic carboxylic acids is 1. The number of hydrogen-bond acceptors (Lipinski definition) is 19. The maximum Gasteiger partial charge on any atom is 0.335 e. The number of carboxylic acids is 1. The van der Waals surface area contributed by atoms with Crippen molar-refractivity contribution in [2.45, 2.75) is 211 Å². The molecule has 0 bridgehead atoms. The van der Waals surface area contributed by atoms with E-state index in [4.69, 9.17) is 28.4 Å². The molecule has 7 fully saturated rings. The van der Waals surface area contributed by atoms with E-state index in [9.17, 15) is 70.9 Å². The summed E-state index contributed by atoms with van der Waals surface area (Å²) in [4.78, 5) is 27.1. The predicted molar refractivity (Wildman–Crippen MR) is 232 cm³/mol. The molecule has 0 amide bonds. The Morgan fingerprint density at radius 1 is 0.691 bits per heavy atom. The van der Waals surface area contributed by atoms with Crippen LogP contribution in [0.1, 0.15) is 106 Å². The van der Waals surface area contributed by atoms with Crippen molar-refractivity contribution in [3.63, 3.8) is 0 Å². The van der Waals surface area contributed by atoms with Gasteiger partial charge in [0.15, 0.2) is 18.7 Å². The quantitative estimate of drug-likeness (QED) is 0.0765. The zero-order valence-electron chi connectivity index (χ0n) is 40.0. The third-order valence-electron chi connectivity index (χ3n) is 19.3. The van der Waals surface area contributed by atoms with E-state index in [-0.39, 0.29) is 35.0 Å². The van der Waals surface area contributed by atoms with Gasteiger partial charge < -0.3 is 89.7 Å². The lowest BCUT2D eigenvalue weighted by molar-refractivity contribution is -0.369. The molecule has 388 valence electrons. The van der Waals surface area contributed by atoms with Gasteiger partial charge in [0.1, 0.15) is 61.0 Å². The minimum absolute atomic E-state index is 0.0480. The van der Waals surface area contributed by atoms with Crippen molar-refractivity contribution in [1.29, 1.82) is 0 Å². The molecule has 5 aliphatic carbocycles. The first-order valence-electron chi connectivity index (χ1n) is 24.4. The van der Waals surface area contributed by atoms with Gasteiger partial charge >= 0.3 is 11.9 Å². The highest BCUT2D eigenvalue weighted by Gasteiger charge is 2.72. The van der Waals surface area contributed by atoms with Crippen LogP contribution in [0, 0.1) is 50.2 Å². The number of carbonyl (C=O) groups is 2. The van der Waals surface area contributed by atoms with Crippen molar-refractivity contribution in [1.82, 2.24) is 0 Å². The molecule has 0 aromatic heterocycles. The molecule has 20 heteroatoms. The summed E-state index contributed by atoms with van der Waals surface area (Å²) in [7, 11) is 0. The molecule has 3 aliphatic heterocycles. The first-order chi connectivity index (χ1) is 31.7. The predicted octanol–water partition coefficient (Wildman–Crippen LogP) is -0.796. The summed E-state index contributed by atoms with van der Waals surface area (Å²) < 4.78 is 35.0. The molecule has 0 aromatic carbocycles. The van der Waals surface area contributed by atoms with Crippen LogP contribution in [-0.4, -0.2) is 191 Å².